The molecule has 0 aliphatic carbocycles. The average Bonchev–Trinajstić information content (AvgIpc) is 3.88. The first-order valence-electron chi connectivity index (χ1n) is 21.6. The smallest absolute Gasteiger partial charge is 0.121 e. The van der Waals surface area contributed by atoms with Gasteiger partial charge in [0.05, 0.1) is 22.4 Å². The van der Waals surface area contributed by atoms with E-state index in [1.54, 1.807) is 0 Å². The van der Waals surface area contributed by atoms with Crippen LogP contribution < -0.4 is 0 Å². The van der Waals surface area contributed by atoms with Gasteiger partial charge in [-0.15, -0.1) is 54.1 Å². The standard InChI is InChI=1S/C43H35N2O.C15H16N.Ir/c1-27(2)36-24-32(30-16-9-6-10-17-30)25-37(28(3)4)41(36)45-39-21-12-11-20-38(39)44-43(45)35-19-13-18-34-33-23-22-31(26-40(33)46-42(34)35)29-14-7-5-8-15-29;1-15(2,3)13-9-10-14(16-11-13)12-7-5-4-6-8-12;/h5-18,20-28H,1-4H3;4-7,9-11H,1-3H3;/q2*-1;. The van der Waals surface area contributed by atoms with Gasteiger partial charge in [-0.2, -0.15) is 0 Å². The molecule has 0 atom stereocenters. The Labute approximate surface area is 385 Å². The summed E-state index contributed by atoms with van der Waals surface area (Å²) in [6, 6.07) is 63.8. The fourth-order valence-corrected chi connectivity index (χ4v) is 8.30. The maximum Gasteiger partial charge on any atom is 0.121 e. The predicted octanol–water partition coefficient (Wildman–Crippen LogP) is 15.8. The van der Waals surface area contributed by atoms with Crippen molar-refractivity contribution in [1.29, 1.82) is 0 Å². The molecule has 0 spiro atoms. The van der Waals surface area contributed by atoms with Crippen molar-refractivity contribution in [2.45, 2.75) is 65.7 Å². The number of hydrogen-bond acceptors (Lipinski definition) is 3. The van der Waals surface area contributed by atoms with Gasteiger partial charge in [0.1, 0.15) is 5.58 Å². The molecule has 3 aromatic heterocycles. The van der Waals surface area contributed by atoms with Crippen molar-refractivity contribution in [3.05, 3.63) is 199 Å². The molecule has 0 bridgehead atoms. The van der Waals surface area contributed by atoms with Crippen LogP contribution in [-0.2, 0) is 25.5 Å². The molecular weight excluding hydrogens is 947 g/mol. The molecule has 0 N–H and O–H groups in total. The Kier molecular flexibility index (Phi) is 12.5. The largest absolute Gasteiger partial charge is 0.501 e. The third kappa shape index (κ3) is 8.69. The minimum absolute atomic E-state index is 0. The van der Waals surface area contributed by atoms with E-state index >= 15 is 0 Å². The normalized spacial score (nSPS) is 11.6. The Morgan fingerprint density at radius 2 is 1.24 bits per heavy atom. The van der Waals surface area contributed by atoms with Gasteiger partial charge in [0.25, 0.3) is 0 Å². The van der Waals surface area contributed by atoms with Gasteiger partial charge in [-0.1, -0.05) is 156 Å². The first-order chi connectivity index (χ1) is 30.0. The topological polar surface area (TPSA) is 43.9 Å². The van der Waals surface area contributed by atoms with Crippen molar-refractivity contribution < 1.29 is 24.5 Å². The molecule has 0 aliphatic rings. The maximum absolute atomic E-state index is 6.73. The molecule has 7 aromatic carbocycles. The molecule has 1 radical (unpaired) electrons. The van der Waals surface area contributed by atoms with Gasteiger partial charge >= 0.3 is 0 Å². The van der Waals surface area contributed by atoms with Crippen molar-refractivity contribution in [1.82, 2.24) is 14.5 Å². The number of furan rings is 1. The van der Waals surface area contributed by atoms with Crippen molar-refractivity contribution in [2.24, 2.45) is 0 Å². The summed E-state index contributed by atoms with van der Waals surface area (Å²) in [7, 11) is 0. The summed E-state index contributed by atoms with van der Waals surface area (Å²) >= 11 is 0. The summed E-state index contributed by atoms with van der Waals surface area (Å²) in [5.41, 5.74) is 16.5. The monoisotopic (exact) mass is 998 g/mol. The first-order valence-corrected chi connectivity index (χ1v) is 21.6. The molecule has 0 aliphatic heterocycles. The van der Waals surface area contributed by atoms with Crippen LogP contribution in [-0.4, -0.2) is 14.5 Å². The van der Waals surface area contributed by atoms with Crippen LogP contribution >= 0.6 is 0 Å². The van der Waals surface area contributed by atoms with Crippen molar-refractivity contribution >= 4 is 33.0 Å². The summed E-state index contributed by atoms with van der Waals surface area (Å²) in [4.78, 5) is 9.78. The Morgan fingerprint density at radius 3 is 1.86 bits per heavy atom. The summed E-state index contributed by atoms with van der Waals surface area (Å²) in [5, 5.41) is 2.15. The van der Waals surface area contributed by atoms with E-state index in [9.17, 15) is 0 Å². The number of hydrogen-bond donors (Lipinski definition) is 0. The van der Waals surface area contributed by atoms with E-state index in [0.29, 0.717) is 0 Å². The van der Waals surface area contributed by atoms with Gasteiger partial charge < -0.3 is 14.0 Å². The number of aromatic nitrogens is 3. The number of benzene rings is 7. The van der Waals surface area contributed by atoms with Gasteiger partial charge in [-0.3, -0.25) is 4.98 Å². The molecule has 0 amide bonds. The molecule has 63 heavy (non-hydrogen) atoms. The van der Waals surface area contributed by atoms with Gasteiger partial charge in [0, 0.05) is 37.4 Å². The molecule has 0 unspecified atom stereocenters. The van der Waals surface area contributed by atoms with Crippen LogP contribution in [0.3, 0.4) is 0 Å². The molecule has 10 aromatic rings. The minimum atomic E-state index is 0. The third-order valence-electron chi connectivity index (χ3n) is 11.7. The van der Waals surface area contributed by atoms with Crippen LogP contribution in [0.5, 0.6) is 0 Å². The van der Waals surface area contributed by atoms with E-state index in [0.717, 1.165) is 61.2 Å². The molecule has 0 saturated heterocycles. The molecule has 10 rings (SSSR count). The number of rotatable bonds is 7. The molecule has 4 nitrogen and oxygen atoms in total. The second-order valence-corrected chi connectivity index (χ2v) is 17.7. The Bertz CT molecular complexity index is 3110. The van der Waals surface area contributed by atoms with E-state index in [4.69, 9.17) is 9.40 Å². The van der Waals surface area contributed by atoms with Crippen LogP contribution in [0.1, 0.15) is 77.0 Å². The number of para-hydroxylation sites is 2. The first kappa shape index (κ1) is 43.3. The van der Waals surface area contributed by atoms with Crippen molar-refractivity contribution in [3.8, 4) is 50.6 Å². The summed E-state index contributed by atoms with van der Waals surface area (Å²) in [5.74, 6) is 1.41. The minimum Gasteiger partial charge on any atom is -0.501 e. The van der Waals surface area contributed by atoms with E-state index in [1.165, 1.54) is 39.1 Å². The molecule has 0 fully saturated rings. The van der Waals surface area contributed by atoms with Gasteiger partial charge in [-0.05, 0) is 92.2 Å². The number of imidazole rings is 1. The van der Waals surface area contributed by atoms with Crippen LogP contribution in [0, 0.1) is 12.1 Å². The van der Waals surface area contributed by atoms with Gasteiger partial charge in [-0.25, -0.2) is 0 Å². The van der Waals surface area contributed by atoms with Crippen LogP contribution in [0.4, 0.5) is 0 Å². The SMILES string of the molecule is CC(C)(C)c1ccc(-c2[c-]cccc2)nc1.CC(C)c1cc(-c2ccccc2)cc(C(C)C)c1-n1c(-c2[c-]ccc3c2oc2cc(-c4ccccc4)ccc23)nc2ccccc21.[Ir]. The number of pyridine rings is 1. The second-order valence-electron chi connectivity index (χ2n) is 17.7. The zero-order chi connectivity index (χ0) is 43.0. The zero-order valence-corrected chi connectivity index (χ0v) is 39.3. The van der Waals surface area contributed by atoms with E-state index in [1.807, 2.05) is 42.6 Å². The number of fused-ring (bicyclic) bond motifs is 4. The summed E-state index contributed by atoms with van der Waals surface area (Å²) < 4.78 is 9.10. The summed E-state index contributed by atoms with van der Waals surface area (Å²) in [6.07, 6.45) is 1.95. The molecule has 3 heterocycles. The molecular formula is C58H51IrN3O-2. The fraction of sp³-hybridized carbons (Fsp3) is 0.172. The number of nitrogens with zero attached hydrogens (tertiary/aromatic N) is 3. The Balaban J connectivity index is 0.000000271. The van der Waals surface area contributed by atoms with Gasteiger partial charge in [0.2, 0.25) is 0 Å². The van der Waals surface area contributed by atoms with Crippen molar-refractivity contribution in [2.75, 3.05) is 0 Å². The second kappa shape index (κ2) is 18.1. The quantitative estimate of drug-likeness (QED) is 0.149. The summed E-state index contributed by atoms with van der Waals surface area (Å²) in [6.45, 7) is 15.7. The fourth-order valence-electron chi connectivity index (χ4n) is 8.30. The maximum atomic E-state index is 6.73. The third-order valence-corrected chi connectivity index (χ3v) is 11.7. The molecule has 0 saturated carbocycles. The van der Waals surface area contributed by atoms with E-state index in [-0.39, 0.29) is 37.4 Å². The molecule has 315 valence electrons. The van der Waals surface area contributed by atoms with Gasteiger partial charge in [0.15, 0.2) is 0 Å². The van der Waals surface area contributed by atoms with E-state index in [2.05, 4.69) is 198 Å². The predicted molar refractivity (Wildman–Crippen MR) is 259 cm³/mol. The van der Waals surface area contributed by atoms with E-state index < -0.39 is 0 Å². The van der Waals surface area contributed by atoms with Crippen LogP contribution in [0.15, 0.2) is 174 Å². The zero-order valence-electron chi connectivity index (χ0n) is 36.9. The average molecular weight is 998 g/mol. The van der Waals surface area contributed by atoms with Crippen molar-refractivity contribution in [3.63, 3.8) is 0 Å². The Hall–Kier alpha value is -6.39. The van der Waals surface area contributed by atoms with Crippen LogP contribution in [0.2, 0.25) is 0 Å². The van der Waals surface area contributed by atoms with Crippen LogP contribution in [0.25, 0.3) is 83.6 Å². The Morgan fingerprint density at radius 1 is 0.587 bits per heavy atom. The molecule has 5 heteroatoms.